The summed E-state index contributed by atoms with van der Waals surface area (Å²) in [6.07, 6.45) is 6.19. The van der Waals surface area contributed by atoms with E-state index >= 15 is 0 Å². The SMILES string of the molecule is COc1ccc2c(c1OCCCCCCOc1c(OC)ccc3c1CC(C)N3)CC(C)N2. The van der Waals surface area contributed by atoms with Crippen molar-refractivity contribution in [2.45, 2.75) is 64.5 Å². The van der Waals surface area contributed by atoms with E-state index < -0.39 is 0 Å². The molecule has 6 heteroatoms. The highest BCUT2D eigenvalue weighted by molar-refractivity contribution is 5.67. The fourth-order valence-electron chi connectivity index (χ4n) is 4.68. The number of nitrogens with one attached hydrogen (secondary N) is 2. The van der Waals surface area contributed by atoms with E-state index in [1.54, 1.807) is 14.2 Å². The highest BCUT2D eigenvalue weighted by Crippen LogP contribution is 2.41. The van der Waals surface area contributed by atoms with E-state index in [1.807, 2.05) is 12.1 Å². The number of unbranched alkanes of at least 4 members (excludes halogenated alkanes) is 3. The number of anilines is 2. The maximum atomic E-state index is 6.17. The Morgan fingerprint density at radius 3 is 1.53 bits per heavy atom. The molecule has 4 rings (SSSR count). The molecular formula is C26H36N2O4. The van der Waals surface area contributed by atoms with Gasteiger partial charge in [-0.05, 0) is 76.6 Å². The van der Waals surface area contributed by atoms with Gasteiger partial charge in [0.05, 0.1) is 27.4 Å². The molecule has 2 aromatic rings. The molecule has 2 aliphatic rings. The Morgan fingerprint density at radius 1 is 0.688 bits per heavy atom. The summed E-state index contributed by atoms with van der Waals surface area (Å²) in [5, 5.41) is 6.98. The number of rotatable bonds is 11. The van der Waals surface area contributed by atoms with Gasteiger partial charge in [-0.15, -0.1) is 0 Å². The summed E-state index contributed by atoms with van der Waals surface area (Å²) in [7, 11) is 3.41. The minimum absolute atomic E-state index is 0.433. The second-order valence-corrected chi connectivity index (χ2v) is 8.86. The molecule has 2 aromatic carbocycles. The molecule has 2 atom stereocenters. The number of hydrogen-bond donors (Lipinski definition) is 2. The minimum atomic E-state index is 0.433. The standard InChI is InChI=1S/C26H36N2O4/c1-17-15-19-21(27-17)9-11-23(29-3)25(19)31-13-7-5-6-8-14-32-26-20-16-18(2)28-22(20)10-12-24(26)30-4/h9-12,17-18,27-28H,5-8,13-16H2,1-4H3. The third-order valence-electron chi connectivity index (χ3n) is 6.24. The Balaban J connectivity index is 1.20. The van der Waals surface area contributed by atoms with E-state index in [4.69, 9.17) is 18.9 Å². The maximum Gasteiger partial charge on any atom is 0.166 e. The lowest BCUT2D eigenvalue weighted by Crippen LogP contribution is -2.08. The van der Waals surface area contributed by atoms with Crippen molar-refractivity contribution in [3.05, 3.63) is 35.4 Å². The molecule has 2 N–H and O–H groups in total. The van der Waals surface area contributed by atoms with Crippen LogP contribution >= 0.6 is 0 Å². The van der Waals surface area contributed by atoms with Crippen LogP contribution in [0.25, 0.3) is 0 Å². The second kappa shape index (κ2) is 10.2. The van der Waals surface area contributed by atoms with Gasteiger partial charge in [0.25, 0.3) is 0 Å². The van der Waals surface area contributed by atoms with Gasteiger partial charge >= 0.3 is 0 Å². The average Bonchev–Trinajstić information content (AvgIpc) is 3.36. The van der Waals surface area contributed by atoms with Crippen molar-refractivity contribution < 1.29 is 18.9 Å². The van der Waals surface area contributed by atoms with Crippen molar-refractivity contribution in [3.63, 3.8) is 0 Å². The highest BCUT2D eigenvalue weighted by atomic mass is 16.5. The molecule has 0 spiro atoms. The van der Waals surface area contributed by atoms with Gasteiger partial charge in [0.1, 0.15) is 0 Å². The van der Waals surface area contributed by atoms with Crippen LogP contribution in [0.5, 0.6) is 23.0 Å². The molecule has 0 amide bonds. The first-order valence-electron chi connectivity index (χ1n) is 11.8. The largest absolute Gasteiger partial charge is 0.493 e. The number of benzene rings is 2. The lowest BCUT2D eigenvalue weighted by Gasteiger charge is -2.15. The van der Waals surface area contributed by atoms with Gasteiger partial charge in [0.2, 0.25) is 0 Å². The predicted octanol–water partition coefficient (Wildman–Crippen LogP) is 5.44. The first-order valence-corrected chi connectivity index (χ1v) is 11.8. The Kier molecular flexibility index (Phi) is 7.18. The second-order valence-electron chi connectivity index (χ2n) is 8.86. The molecule has 32 heavy (non-hydrogen) atoms. The zero-order chi connectivity index (χ0) is 22.5. The third-order valence-corrected chi connectivity index (χ3v) is 6.24. The molecule has 0 bridgehead atoms. The Labute approximate surface area is 191 Å². The van der Waals surface area contributed by atoms with E-state index in [0.29, 0.717) is 25.3 Å². The molecule has 0 saturated carbocycles. The molecule has 0 saturated heterocycles. The summed E-state index contributed by atoms with van der Waals surface area (Å²) in [6, 6.07) is 9.00. The third kappa shape index (κ3) is 4.84. The van der Waals surface area contributed by atoms with Crippen LogP contribution in [-0.4, -0.2) is 39.5 Å². The Morgan fingerprint density at radius 2 is 1.12 bits per heavy atom. The van der Waals surface area contributed by atoms with Gasteiger partial charge in [-0.25, -0.2) is 0 Å². The van der Waals surface area contributed by atoms with Crippen molar-refractivity contribution in [1.29, 1.82) is 0 Å². The van der Waals surface area contributed by atoms with Crippen LogP contribution in [0.15, 0.2) is 24.3 Å². The van der Waals surface area contributed by atoms with Gasteiger partial charge < -0.3 is 29.6 Å². The monoisotopic (exact) mass is 440 g/mol. The highest BCUT2D eigenvalue weighted by Gasteiger charge is 2.24. The molecule has 2 aliphatic heterocycles. The molecule has 0 radical (unpaired) electrons. The van der Waals surface area contributed by atoms with Crippen LogP contribution < -0.4 is 29.6 Å². The van der Waals surface area contributed by atoms with E-state index in [-0.39, 0.29) is 0 Å². The van der Waals surface area contributed by atoms with Crippen LogP contribution in [0.3, 0.4) is 0 Å². The van der Waals surface area contributed by atoms with Gasteiger partial charge in [-0.3, -0.25) is 0 Å². The molecule has 6 nitrogen and oxygen atoms in total. The summed E-state index contributed by atoms with van der Waals surface area (Å²) in [5.74, 6) is 3.44. The number of fused-ring (bicyclic) bond motifs is 2. The number of ether oxygens (including phenoxy) is 4. The van der Waals surface area contributed by atoms with Crippen molar-refractivity contribution >= 4 is 11.4 Å². The lowest BCUT2D eigenvalue weighted by atomic mass is 10.1. The van der Waals surface area contributed by atoms with E-state index in [1.165, 1.54) is 11.1 Å². The van der Waals surface area contributed by atoms with Crippen molar-refractivity contribution in [3.8, 4) is 23.0 Å². The lowest BCUT2D eigenvalue weighted by molar-refractivity contribution is 0.269. The molecule has 0 aliphatic carbocycles. The zero-order valence-electron chi connectivity index (χ0n) is 19.8. The van der Waals surface area contributed by atoms with Crippen LogP contribution in [0.1, 0.15) is 50.7 Å². The Bertz CT molecular complexity index is 855. The van der Waals surface area contributed by atoms with Crippen molar-refractivity contribution in [2.75, 3.05) is 38.1 Å². The summed E-state index contributed by atoms with van der Waals surface area (Å²) in [5.41, 5.74) is 4.80. The van der Waals surface area contributed by atoms with E-state index in [0.717, 1.165) is 72.9 Å². The van der Waals surface area contributed by atoms with Crippen LogP contribution in [0.4, 0.5) is 11.4 Å². The summed E-state index contributed by atoms with van der Waals surface area (Å²) in [6.45, 7) is 5.78. The van der Waals surface area contributed by atoms with Crippen molar-refractivity contribution in [1.82, 2.24) is 0 Å². The Hall–Kier alpha value is -2.76. The van der Waals surface area contributed by atoms with Gasteiger partial charge in [0, 0.05) is 34.6 Å². The molecule has 2 heterocycles. The molecule has 0 aromatic heterocycles. The van der Waals surface area contributed by atoms with Gasteiger partial charge in [-0.1, -0.05) is 0 Å². The maximum absolute atomic E-state index is 6.17. The molecule has 0 fully saturated rings. The molecular weight excluding hydrogens is 404 g/mol. The van der Waals surface area contributed by atoms with Crippen LogP contribution in [0.2, 0.25) is 0 Å². The summed E-state index contributed by atoms with van der Waals surface area (Å²) < 4.78 is 23.4. The zero-order valence-corrected chi connectivity index (χ0v) is 19.8. The normalized spacial score (nSPS) is 18.4. The predicted molar refractivity (Wildman–Crippen MR) is 129 cm³/mol. The first-order chi connectivity index (χ1) is 15.6. The van der Waals surface area contributed by atoms with Gasteiger partial charge in [-0.2, -0.15) is 0 Å². The first kappa shape index (κ1) is 22.4. The number of methoxy groups -OCH3 is 2. The molecule has 2 unspecified atom stereocenters. The molecule has 174 valence electrons. The summed E-state index contributed by atoms with van der Waals surface area (Å²) >= 11 is 0. The number of hydrogen-bond acceptors (Lipinski definition) is 6. The van der Waals surface area contributed by atoms with Crippen LogP contribution in [0, 0.1) is 0 Å². The minimum Gasteiger partial charge on any atom is -0.493 e. The smallest absolute Gasteiger partial charge is 0.166 e. The average molecular weight is 441 g/mol. The summed E-state index contributed by atoms with van der Waals surface area (Å²) in [4.78, 5) is 0. The van der Waals surface area contributed by atoms with Gasteiger partial charge in [0.15, 0.2) is 23.0 Å². The van der Waals surface area contributed by atoms with E-state index in [9.17, 15) is 0 Å². The quantitative estimate of drug-likeness (QED) is 0.454. The fraction of sp³-hybridized carbons (Fsp3) is 0.538. The van der Waals surface area contributed by atoms with Crippen LogP contribution in [-0.2, 0) is 12.8 Å². The van der Waals surface area contributed by atoms with Crippen molar-refractivity contribution in [2.24, 2.45) is 0 Å². The van der Waals surface area contributed by atoms with E-state index in [2.05, 4.69) is 36.6 Å². The fourth-order valence-corrected chi connectivity index (χ4v) is 4.68. The topological polar surface area (TPSA) is 61.0 Å².